The van der Waals surface area contributed by atoms with E-state index in [9.17, 15) is 43.2 Å². The van der Waals surface area contributed by atoms with Crippen LogP contribution in [0.5, 0.6) is 0 Å². The van der Waals surface area contributed by atoms with E-state index in [-0.39, 0.29) is 97.4 Å². The lowest BCUT2D eigenvalue weighted by atomic mass is 9.83. The highest BCUT2D eigenvalue weighted by Gasteiger charge is 2.44. The van der Waals surface area contributed by atoms with Crippen molar-refractivity contribution in [3.05, 3.63) is 36.0 Å². The molecule has 9 atom stereocenters. The summed E-state index contributed by atoms with van der Waals surface area (Å²) in [5, 5.41) is 2.99. The quantitative estimate of drug-likeness (QED) is 0.0374. The number of aromatic amines is 1. The molecule has 3 saturated heterocycles. The van der Waals surface area contributed by atoms with Crippen molar-refractivity contribution in [1.29, 1.82) is 0 Å². The number of Topliss-reactive ketones (excluding diaryl/α,β-unsaturated/α-hetero) is 3. The predicted molar refractivity (Wildman–Crippen MR) is 331 cm³/mol. The smallest absolute Gasteiger partial charge is 0.334 e. The van der Waals surface area contributed by atoms with Gasteiger partial charge in [0.05, 0.1) is 55.7 Å². The number of hydrogen-bond donors (Lipinski definition) is 1. The van der Waals surface area contributed by atoms with E-state index in [4.69, 9.17) is 19.1 Å². The number of unbranched alkanes of at least 4 members (excludes halogenated alkanes) is 4. The van der Waals surface area contributed by atoms with Crippen LogP contribution in [0.1, 0.15) is 170 Å². The van der Waals surface area contributed by atoms with Crippen molar-refractivity contribution in [2.24, 2.45) is 35.5 Å². The summed E-state index contributed by atoms with van der Waals surface area (Å²) in [7, 11) is 9.87. The molecule has 4 heterocycles. The van der Waals surface area contributed by atoms with Crippen LogP contribution in [0.15, 0.2) is 30.5 Å². The number of fused-ring (bicyclic) bond motifs is 1. The van der Waals surface area contributed by atoms with Gasteiger partial charge in [-0.05, 0) is 87.9 Å². The van der Waals surface area contributed by atoms with Crippen LogP contribution >= 0.6 is 21.6 Å². The molecule has 1 aromatic carbocycles. The first-order chi connectivity index (χ1) is 40.6. The van der Waals surface area contributed by atoms with Gasteiger partial charge in [-0.2, -0.15) is 0 Å². The van der Waals surface area contributed by atoms with Gasteiger partial charge in [0.2, 0.25) is 17.7 Å². The first-order valence-corrected chi connectivity index (χ1v) is 33.8. The molecule has 3 aliphatic rings. The highest BCUT2D eigenvalue weighted by Crippen LogP contribution is 2.34. The number of carbonyl (C=O) groups excluding carboxylic acids is 9. The van der Waals surface area contributed by atoms with E-state index in [1.165, 1.54) is 26.7 Å². The molecule has 3 aliphatic heterocycles. The molecule has 85 heavy (non-hydrogen) atoms. The molecule has 0 spiro atoms. The van der Waals surface area contributed by atoms with Gasteiger partial charge in [-0.1, -0.05) is 114 Å². The fourth-order valence-electron chi connectivity index (χ4n) is 12.6. The highest BCUT2D eigenvalue weighted by atomic mass is 33.1. The van der Waals surface area contributed by atoms with Crippen molar-refractivity contribution in [3.63, 3.8) is 0 Å². The number of likely N-dealkylation sites (N-methyl/N-ethyl adjacent to an activating group) is 2. The van der Waals surface area contributed by atoms with Crippen LogP contribution < -0.4 is 0 Å². The molecule has 3 fully saturated rings. The first-order valence-electron chi connectivity index (χ1n) is 31.3. The van der Waals surface area contributed by atoms with Crippen molar-refractivity contribution in [2.45, 2.75) is 201 Å². The summed E-state index contributed by atoms with van der Waals surface area (Å²) in [5.74, 6) is -3.06. The lowest BCUT2D eigenvalue weighted by Gasteiger charge is -2.41. The number of methoxy groups -OCH3 is 2. The molecular formula is C64H100N6O13S2. The summed E-state index contributed by atoms with van der Waals surface area (Å²) in [6, 6.07) is 6.66. The molecule has 0 unspecified atom stereocenters. The second kappa shape index (κ2) is 36.0. The number of carbonyl (C=O) groups is 9. The summed E-state index contributed by atoms with van der Waals surface area (Å²) in [4.78, 5) is 140. The van der Waals surface area contributed by atoms with Crippen LogP contribution in [-0.2, 0) is 68.7 Å². The van der Waals surface area contributed by atoms with E-state index in [2.05, 4.69) is 23.7 Å². The lowest BCUT2D eigenvalue weighted by molar-refractivity contribution is -0.201. The summed E-state index contributed by atoms with van der Waals surface area (Å²) in [5.41, 5.74) is 1.91. The molecule has 1 N–H and O–H groups in total. The van der Waals surface area contributed by atoms with Crippen LogP contribution in [0.3, 0.4) is 0 Å². The summed E-state index contributed by atoms with van der Waals surface area (Å²) < 4.78 is 12.3. The molecule has 476 valence electrons. The number of hydroxylamine groups is 4. The maximum atomic E-state index is 14.9. The Kier molecular flexibility index (Phi) is 30.1. The fourth-order valence-corrected chi connectivity index (χ4v) is 14.6. The molecule has 19 nitrogen and oxygen atoms in total. The van der Waals surface area contributed by atoms with E-state index < -0.39 is 59.8 Å². The molecule has 5 rings (SSSR count). The van der Waals surface area contributed by atoms with Crippen LogP contribution in [0.2, 0.25) is 0 Å². The third-order valence-corrected chi connectivity index (χ3v) is 20.0. The van der Waals surface area contributed by atoms with Gasteiger partial charge in [-0.25, -0.2) is 9.86 Å². The summed E-state index contributed by atoms with van der Waals surface area (Å²) >= 11 is 0. The SMILES string of the molecule is CC[C@H](C)[C@@H]([C@@H](CC(=O)N1CCC[C@H]1[C@H](OC)[C@@H](C)C(=O)C[C@@H](Cc1c[nH]c2ccccc12)C(=O)N1CCCCO1)OC)N(C)C(=O)[C@@H](CC(=O)[C@H](C(C)C)N(C)CCCCCCCC(=O)CCSSCCC(=O)ON1C(=O)CCC1=O)C(C)C. The fraction of sp³-hybridized carbons (Fsp3) is 0.734. The molecule has 1 aromatic heterocycles. The Morgan fingerprint density at radius 3 is 2.11 bits per heavy atom. The van der Waals surface area contributed by atoms with E-state index in [1.807, 2.05) is 77.0 Å². The van der Waals surface area contributed by atoms with Crippen molar-refractivity contribution >= 4 is 85.3 Å². The Labute approximate surface area is 513 Å². The second-order valence-electron chi connectivity index (χ2n) is 24.4. The zero-order valence-electron chi connectivity index (χ0n) is 52.8. The maximum absolute atomic E-state index is 14.9. The van der Waals surface area contributed by atoms with Gasteiger partial charge in [0.25, 0.3) is 11.8 Å². The number of benzene rings is 1. The van der Waals surface area contributed by atoms with Crippen molar-refractivity contribution in [2.75, 3.05) is 66.1 Å². The number of ether oxygens (including phenoxy) is 2. The molecule has 2 aromatic rings. The third kappa shape index (κ3) is 20.7. The van der Waals surface area contributed by atoms with E-state index in [0.29, 0.717) is 68.4 Å². The van der Waals surface area contributed by atoms with Crippen LogP contribution in [0, 0.1) is 35.5 Å². The predicted octanol–water partition coefficient (Wildman–Crippen LogP) is 9.63. The van der Waals surface area contributed by atoms with Gasteiger partial charge >= 0.3 is 5.97 Å². The summed E-state index contributed by atoms with van der Waals surface area (Å²) in [6.45, 7) is 16.1. The number of H-pyrrole nitrogens is 1. The number of hydrogen-bond acceptors (Lipinski definition) is 16. The molecule has 5 amide bonds. The standard InChI is InChI=1S/C64H100N6O13S2/c1-12-44(6)61(55(80-10)40-58(76)68-32-22-26-52(68)62(81-11)45(7)53(72)38-46(63(78)69-33-20-21-34-82-69)37-47-41-65-51-25-18-17-24-49(47)51)67(9)64(79)50(42(2)3)39-54(73)60(43(4)5)66(8)31-19-15-13-14-16-23-48(71)29-35-84-85-36-30-59(77)83-70-56(74)27-28-57(70)75/h17-18,24-25,41-46,50,52,55,60-62,65H,12-16,19-23,26-40H2,1-11H3/t44-,45-,46+,50-,52-,55+,60-,61-,62+/m0/s1. The minimum atomic E-state index is -0.665. The Bertz CT molecular complexity index is 2500. The number of rotatable bonds is 39. The third-order valence-electron chi connectivity index (χ3n) is 17.6. The van der Waals surface area contributed by atoms with Gasteiger partial charge in [-0.3, -0.25) is 48.1 Å². The van der Waals surface area contributed by atoms with E-state index in [0.717, 1.165) is 74.4 Å². The van der Waals surface area contributed by atoms with E-state index in [1.54, 1.807) is 26.2 Å². The highest BCUT2D eigenvalue weighted by molar-refractivity contribution is 8.76. The zero-order valence-corrected chi connectivity index (χ0v) is 54.4. The number of aromatic nitrogens is 1. The van der Waals surface area contributed by atoms with Crippen molar-refractivity contribution < 1.29 is 62.3 Å². The molecule has 0 aliphatic carbocycles. The van der Waals surface area contributed by atoms with Gasteiger partial charge < -0.3 is 29.1 Å². The minimum absolute atomic E-state index is 0.000173. The average Bonchev–Trinajstić information content (AvgIpc) is 3.31. The van der Waals surface area contributed by atoms with Gasteiger partial charge in [0, 0.05) is 113 Å². The number of para-hydroxylation sites is 1. The van der Waals surface area contributed by atoms with Crippen molar-refractivity contribution in [1.82, 2.24) is 29.8 Å². The maximum Gasteiger partial charge on any atom is 0.334 e. The van der Waals surface area contributed by atoms with Gasteiger partial charge in [0.1, 0.15) is 11.6 Å². The average molecular weight is 1230 g/mol. The first kappa shape index (κ1) is 71.1. The molecule has 0 saturated carbocycles. The zero-order chi connectivity index (χ0) is 62.3. The number of likely N-dealkylation sites (tertiary alicyclic amines) is 1. The minimum Gasteiger partial charge on any atom is -0.379 e. The van der Waals surface area contributed by atoms with Crippen LogP contribution in [0.25, 0.3) is 10.9 Å². The molecule has 0 bridgehead atoms. The topological polar surface area (TPSA) is 223 Å². The Morgan fingerprint density at radius 2 is 1.46 bits per heavy atom. The molecule has 21 heteroatoms. The molecular weight excluding hydrogens is 1120 g/mol. The molecule has 0 radical (unpaired) electrons. The normalized spacial score (nSPS) is 18.7. The number of nitrogens with one attached hydrogen (secondary N) is 1. The Balaban J connectivity index is 1.10. The number of nitrogens with zero attached hydrogens (tertiary/aromatic N) is 5. The van der Waals surface area contributed by atoms with Crippen LogP contribution in [0.4, 0.5) is 0 Å². The summed E-state index contributed by atoms with van der Waals surface area (Å²) in [6.07, 6.45) is 10.5. The number of ketones is 3. The van der Waals surface area contributed by atoms with Gasteiger partial charge in [-0.15, -0.1) is 5.06 Å². The van der Waals surface area contributed by atoms with Crippen molar-refractivity contribution in [3.8, 4) is 0 Å². The Morgan fingerprint density at radius 1 is 0.776 bits per heavy atom. The van der Waals surface area contributed by atoms with E-state index >= 15 is 0 Å². The van der Waals surface area contributed by atoms with Gasteiger partial charge in [0.15, 0.2) is 5.78 Å². The lowest BCUT2D eigenvalue weighted by Crippen LogP contribution is -2.54. The monoisotopic (exact) mass is 1220 g/mol. The van der Waals surface area contributed by atoms with Crippen LogP contribution in [-0.4, -0.2) is 179 Å². The largest absolute Gasteiger partial charge is 0.379 e. The number of amides is 5. The number of imide groups is 1. The second-order valence-corrected chi connectivity index (χ2v) is 27.1. The Hall–Kier alpha value is -4.67.